The molecule has 1 aliphatic rings. The normalized spacial score (nSPS) is 17.0. The largest absolute Gasteiger partial charge is 0.492 e. The van der Waals surface area contributed by atoms with Gasteiger partial charge >= 0.3 is 5.97 Å². The van der Waals surface area contributed by atoms with Crippen molar-refractivity contribution in [3.63, 3.8) is 0 Å². The van der Waals surface area contributed by atoms with Crippen molar-refractivity contribution in [3.05, 3.63) is 29.2 Å². The van der Waals surface area contributed by atoms with Gasteiger partial charge in [-0.15, -0.1) is 0 Å². The van der Waals surface area contributed by atoms with Gasteiger partial charge < -0.3 is 18.7 Å². The van der Waals surface area contributed by atoms with E-state index >= 15 is 0 Å². The van der Waals surface area contributed by atoms with Gasteiger partial charge in [0.1, 0.15) is 17.1 Å². The second-order valence-electron chi connectivity index (χ2n) is 6.70. The number of carbonyl (C=O) groups is 1. The monoisotopic (exact) mass is 328 g/mol. The molecule has 0 unspecified atom stereocenters. The van der Waals surface area contributed by atoms with E-state index in [1.165, 1.54) is 0 Å². The summed E-state index contributed by atoms with van der Waals surface area (Å²) >= 11 is 0. The topological polar surface area (TPSA) is 72.8 Å². The van der Waals surface area contributed by atoms with E-state index in [4.69, 9.17) is 13.6 Å². The Morgan fingerprint density at radius 3 is 2.25 bits per heavy atom. The van der Waals surface area contributed by atoms with Crippen LogP contribution in [0.25, 0.3) is 21.9 Å². The van der Waals surface area contributed by atoms with E-state index in [0.29, 0.717) is 29.8 Å². The fraction of sp³-hybridized carbons (Fsp3) is 0.421. The van der Waals surface area contributed by atoms with Crippen molar-refractivity contribution in [1.82, 2.24) is 0 Å². The van der Waals surface area contributed by atoms with Crippen LogP contribution >= 0.6 is 0 Å². The van der Waals surface area contributed by atoms with E-state index < -0.39 is 11.4 Å². The fourth-order valence-corrected chi connectivity index (χ4v) is 4.21. The Hall–Kier alpha value is -2.43. The minimum Gasteiger partial charge on any atom is -0.492 e. The lowest BCUT2D eigenvalue weighted by Crippen LogP contribution is -2.33. The zero-order valence-electron chi connectivity index (χ0n) is 14.1. The van der Waals surface area contributed by atoms with Crippen LogP contribution in [-0.4, -0.2) is 18.2 Å². The van der Waals surface area contributed by atoms with E-state index in [-0.39, 0.29) is 0 Å². The minimum absolute atomic E-state index is 0.603. The number of carboxylic acid groups (broad SMARTS) is 1. The SMILES string of the molecule is COc1c2cc(C)oc2c(C2(C(=O)O)CCCC2)c2cc(C)oc12. The molecule has 0 saturated heterocycles. The molecule has 2 aromatic heterocycles. The summed E-state index contributed by atoms with van der Waals surface area (Å²) in [7, 11) is 1.59. The molecule has 24 heavy (non-hydrogen) atoms. The molecule has 0 radical (unpaired) electrons. The van der Waals surface area contributed by atoms with Crippen molar-refractivity contribution >= 4 is 27.9 Å². The van der Waals surface area contributed by atoms with Crippen LogP contribution < -0.4 is 4.74 Å². The zero-order valence-corrected chi connectivity index (χ0v) is 14.1. The average Bonchev–Trinajstić information content (AvgIpc) is 3.22. The Balaban J connectivity index is 2.22. The number of rotatable bonds is 3. The van der Waals surface area contributed by atoms with E-state index in [1.54, 1.807) is 7.11 Å². The first-order valence-electron chi connectivity index (χ1n) is 8.22. The number of aliphatic carboxylic acids is 1. The highest BCUT2D eigenvalue weighted by molar-refractivity contribution is 6.08. The van der Waals surface area contributed by atoms with Crippen LogP contribution in [0, 0.1) is 13.8 Å². The summed E-state index contributed by atoms with van der Waals surface area (Å²) in [5, 5.41) is 11.6. The highest BCUT2D eigenvalue weighted by atomic mass is 16.5. The van der Waals surface area contributed by atoms with Crippen LogP contribution in [0.5, 0.6) is 5.75 Å². The summed E-state index contributed by atoms with van der Waals surface area (Å²) in [5.41, 5.74) is 1.03. The molecule has 5 heteroatoms. The predicted molar refractivity (Wildman–Crippen MR) is 89.8 cm³/mol. The first kappa shape index (κ1) is 15.1. The number of ether oxygens (including phenoxy) is 1. The summed E-state index contributed by atoms with van der Waals surface area (Å²) in [5.74, 6) is 1.27. The summed E-state index contributed by atoms with van der Waals surface area (Å²) in [4.78, 5) is 12.3. The molecule has 1 N–H and O–H groups in total. The number of carboxylic acids is 1. The highest BCUT2D eigenvalue weighted by Crippen LogP contribution is 2.51. The minimum atomic E-state index is -0.927. The van der Waals surface area contributed by atoms with Gasteiger partial charge in [-0.25, -0.2) is 0 Å². The molecular weight excluding hydrogens is 308 g/mol. The molecule has 3 aromatic rings. The predicted octanol–water partition coefficient (Wildman–Crippen LogP) is 4.70. The first-order chi connectivity index (χ1) is 11.5. The maximum absolute atomic E-state index is 12.3. The Kier molecular flexibility index (Phi) is 3.17. The second-order valence-corrected chi connectivity index (χ2v) is 6.70. The van der Waals surface area contributed by atoms with Crippen molar-refractivity contribution < 1.29 is 23.5 Å². The molecule has 0 bridgehead atoms. The van der Waals surface area contributed by atoms with Crippen LogP contribution in [0.2, 0.25) is 0 Å². The van der Waals surface area contributed by atoms with Crippen molar-refractivity contribution in [2.45, 2.75) is 44.9 Å². The third kappa shape index (κ3) is 1.84. The number of furan rings is 2. The van der Waals surface area contributed by atoms with Gasteiger partial charge in [0.05, 0.1) is 17.9 Å². The maximum atomic E-state index is 12.3. The van der Waals surface area contributed by atoms with Crippen LogP contribution in [0.1, 0.15) is 42.8 Å². The van der Waals surface area contributed by atoms with Crippen LogP contribution in [-0.2, 0) is 10.2 Å². The summed E-state index contributed by atoms with van der Waals surface area (Å²) in [6.07, 6.45) is 3.03. The summed E-state index contributed by atoms with van der Waals surface area (Å²) in [6.45, 7) is 3.72. The Morgan fingerprint density at radius 1 is 1.08 bits per heavy atom. The molecule has 0 atom stereocenters. The van der Waals surface area contributed by atoms with Gasteiger partial charge in [0.2, 0.25) is 0 Å². The lowest BCUT2D eigenvalue weighted by molar-refractivity contribution is -0.143. The van der Waals surface area contributed by atoms with E-state index in [0.717, 1.165) is 40.7 Å². The van der Waals surface area contributed by atoms with Gasteiger partial charge in [-0.3, -0.25) is 4.79 Å². The standard InChI is InChI=1S/C19H20O5/c1-10-8-12-14(19(18(20)21)6-4-5-7-19)15-13(9-11(2)23-15)16(22-3)17(12)24-10/h8-9H,4-7H2,1-3H3,(H,20,21). The molecule has 2 heterocycles. The Labute approximate surface area is 139 Å². The molecule has 0 spiro atoms. The Bertz CT molecular complexity index is 896. The average molecular weight is 328 g/mol. The van der Waals surface area contributed by atoms with Crippen LogP contribution in [0.3, 0.4) is 0 Å². The Morgan fingerprint density at radius 2 is 1.67 bits per heavy atom. The van der Waals surface area contributed by atoms with E-state index in [2.05, 4.69) is 0 Å². The van der Waals surface area contributed by atoms with Gasteiger partial charge in [0.25, 0.3) is 0 Å². The smallest absolute Gasteiger partial charge is 0.314 e. The molecule has 5 nitrogen and oxygen atoms in total. The second kappa shape index (κ2) is 5.03. The molecule has 4 rings (SSSR count). The van der Waals surface area contributed by atoms with Crippen molar-refractivity contribution in [2.75, 3.05) is 7.11 Å². The maximum Gasteiger partial charge on any atom is 0.314 e. The van der Waals surface area contributed by atoms with Crippen LogP contribution in [0.15, 0.2) is 21.0 Å². The molecule has 1 aromatic carbocycles. The third-order valence-electron chi connectivity index (χ3n) is 5.21. The number of aryl methyl sites for hydroxylation is 2. The van der Waals surface area contributed by atoms with Crippen LogP contribution in [0.4, 0.5) is 0 Å². The molecule has 0 amide bonds. The highest BCUT2D eigenvalue weighted by Gasteiger charge is 2.47. The van der Waals surface area contributed by atoms with Gasteiger partial charge in [0.15, 0.2) is 11.3 Å². The third-order valence-corrected chi connectivity index (χ3v) is 5.21. The molecule has 1 fully saturated rings. The number of hydrogen-bond acceptors (Lipinski definition) is 4. The van der Waals surface area contributed by atoms with Gasteiger partial charge in [0, 0.05) is 10.9 Å². The lowest BCUT2D eigenvalue weighted by Gasteiger charge is -2.25. The number of hydrogen-bond donors (Lipinski definition) is 1. The first-order valence-corrected chi connectivity index (χ1v) is 8.22. The van der Waals surface area contributed by atoms with Gasteiger partial charge in [-0.2, -0.15) is 0 Å². The quantitative estimate of drug-likeness (QED) is 0.754. The molecule has 0 aliphatic heterocycles. The van der Waals surface area contributed by atoms with E-state index in [1.807, 2.05) is 26.0 Å². The molecule has 1 aliphatic carbocycles. The molecule has 1 saturated carbocycles. The zero-order chi connectivity index (χ0) is 17.1. The fourth-order valence-electron chi connectivity index (χ4n) is 4.21. The summed E-state index contributed by atoms with van der Waals surface area (Å²) in [6, 6.07) is 3.78. The molecular formula is C19H20O5. The summed E-state index contributed by atoms with van der Waals surface area (Å²) < 4.78 is 17.4. The van der Waals surface area contributed by atoms with Crippen molar-refractivity contribution in [2.24, 2.45) is 0 Å². The number of benzene rings is 1. The lowest BCUT2D eigenvalue weighted by atomic mass is 9.76. The van der Waals surface area contributed by atoms with Crippen molar-refractivity contribution in [3.8, 4) is 5.75 Å². The number of fused-ring (bicyclic) bond motifs is 2. The van der Waals surface area contributed by atoms with Crippen molar-refractivity contribution in [1.29, 1.82) is 0 Å². The number of methoxy groups -OCH3 is 1. The van der Waals surface area contributed by atoms with Gasteiger partial charge in [-0.1, -0.05) is 12.8 Å². The van der Waals surface area contributed by atoms with Gasteiger partial charge in [-0.05, 0) is 38.8 Å². The molecule has 126 valence electrons. The van der Waals surface area contributed by atoms with E-state index in [9.17, 15) is 9.90 Å².